The van der Waals surface area contributed by atoms with Crippen molar-refractivity contribution in [2.24, 2.45) is 0 Å². The summed E-state index contributed by atoms with van der Waals surface area (Å²) in [5.74, 6) is 0. The zero-order chi connectivity index (χ0) is 11.0. The summed E-state index contributed by atoms with van der Waals surface area (Å²) in [5, 5.41) is 7.08. The number of quaternary nitrogens is 1. The van der Waals surface area contributed by atoms with E-state index in [9.17, 15) is 8.42 Å². The molecule has 0 fully saturated rings. The molecule has 0 radical (unpaired) electrons. The molecule has 0 aliphatic heterocycles. The summed E-state index contributed by atoms with van der Waals surface area (Å²) < 4.78 is 24.4. The highest BCUT2D eigenvalue weighted by molar-refractivity contribution is 9.11. The molecular weight excluding hydrogens is 288 g/mol. The molecule has 0 unspecified atom stereocenters. The first kappa shape index (κ1) is 11.8. The highest BCUT2D eigenvalue weighted by atomic mass is 79.9. The molecule has 14 heavy (non-hydrogen) atoms. The maximum Gasteiger partial charge on any atom is 0.341 e. The Morgan fingerprint density at radius 3 is 2.43 bits per heavy atom. The van der Waals surface area contributed by atoms with Crippen molar-refractivity contribution >= 4 is 43.6 Å². The molecule has 0 saturated heterocycles. The van der Waals surface area contributed by atoms with Crippen LogP contribution in [0.4, 0.5) is 0 Å². The smallest absolute Gasteiger partial charge is 0.256 e. The molecule has 0 spiro atoms. The van der Waals surface area contributed by atoms with Gasteiger partial charge < -0.3 is 0 Å². The Kier molecular flexibility index (Phi) is 3.15. The molecule has 4 nitrogen and oxygen atoms in total. The van der Waals surface area contributed by atoms with E-state index >= 15 is 0 Å². The number of sulfonamides is 1. The van der Waals surface area contributed by atoms with Gasteiger partial charge in [0.25, 0.3) is 0 Å². The molecule has 1 N–H and O–H groups in total. The molecule has 0 aromatic carbocycles. The molecule has 0 saturated carbocycles. The molecule has 0 atom stereocenters. The van der Waals surface area contributed by atoms with Gasteiger partial charge in [-0.25, -0.2) is 0 Å². The first-order valence-electron chi connectivity index (χ1n) is 3.67. The van der Waals surface area contributed by atoms with E-state index < -0.39 is 13.9 Å². The van der Waals surface area contributed by atoms with Gasteiger partial charge in [-0.1, -0.05) is 0 Å². The summed E-state index contributed by atoms with van der Waals surface area (Å²) in [6, 6.07) is 3.22. The third-order valence-electron chi connectivity index (χ3n) is 1.73. The van der Waals surface area contributed by atoms with Gasteiger partial charge in [0.1, 0.15) is 0 Å². The Labute approximate surface area is 95.5 Å². The van der Waals surface area contributed by atoms with Crippen LogP contribution in [-0.2, 0) is 10.0 Å². The SMILES string of the molecule is C[N+](C)(C=N)S(=O)(=O)c1ccc(Br)s1. The van der Waals surface area contributed by atoms with E-state index in [1.54, 1.807) is 6.07 Å². The van der Waals surface area contributed by atoms with Crippen LogP contribution in [0.5, 0.6) is 0 Å². The quantitative estimate of drug-likeness (QED) is 0.526. The zero-order valence-electron chi connectivity index (χ0n) is 7.69. The zero-order valence-corrected chi connectivity index (χ0v) is 10.9. The molecule has 0 aliphatic rings. The largest absolute Gasteiger partial charge is 0.341 e. The van der Waals surface area contributed by atoms with Crippen molar-refractivity contribution in [3.8, 4) is 0 Å². The van der Waals surface area contributed by atoms with Gasteiger partial charge in [0.2, 0.25) is 0 Å². The Bertz CT molecular complexity index is 450. The van der Waals surface area contributed by atoms with Crippen molar-refractivity contribution in [1.29, 1.82) is 5.41 Å². The molecule has 1 rings (SSSR count). The maximum absolute atomic E-state index is 11.9. The molecule has 0 aliphatic carbocycles. The van der Waals surface area contributed by atoms with Crippen molar-refractivity contribution in [3.05, 3.63) is 15.9 Å². The van der Waals surface area contributed by atoms with Crippen molar-refractivity contribution in [2.45, 2.75) is 4.21 Å². The lowest BCUT2D eigenvalue weighted by Gasteiger charge is -2.20. The van der Waals surface area contributed by atoms with Gasteiger partial charge in [0.05, 0.1) is 17.9 Å². The molecule has 78 valence electrons. The fraction of sp³-hybridized carbons (Fsp3) is 0.286. The monoisotopic (exact) mass is 297 g/mol. The van der Waals surface area contributed by atoms with E-state index in [-0.39, 0.29) is 4.21 Å². The summed E-state index contributed by atoms with van der Waals surface area (Å²) >= 11 is 4.35. The molecule has 1 aromatic rings. The normalized spacial score (nSPS) is 12.8. The summed E-state index contributed by atoms with van der Waals surface area (Å²) in [5.41, 5.74) is 0. The highest BCUT2D eigenvalue weighted by Crippen LogP contribution is 2.29. The van der Waals surface area contributed by atoms with Crippen molar-refractivity contribution in [3.63, 3.8) is 0 Å². The predicted molar refractivity (Wildman–Crippen MR) is 60.1 cm³/mol. The maximum atomic E-state index is 11.9. The van der Waals surface area contributed by atoms with Gasteiger partial charge in [-0.05, 0) is 28.1 Å². The van der Waals surface area contributed by atoms with Crippen LogP contribution in [0.25, 0.3) is 0 Å². The molecule has 1 heterocycles. The molecule has 7 heteroatoms. The Balaban J connectivity index is 3.28. The molecule has 0 amide bonds. The van der Waals surface area contributed by atoms with Gasteiger partial charge >= 0.3 is 10.0 Å². The third kappa shape index (κ3) is 1.90. The number of thiophene rings is 1. The number of nitrogens with one attached hydrogen (secondary N) is 1. The van der Waals surface area contributed by atoms with Crippen LogP contribution >= 0.6 is 27.3 Å². The van der Waals surface area contributed by atoms with Crippen molar-refractivity contribution in [2.75, 3.05) is 14.1 Å². The first-order chi connectivity index (χ1) is 6.31. The fourth-order valence-corrected chi connectivity index (χ4v) is 4.29. The minimum Gasteiger partial charge on any atom is -0.256 e. The minimum atomic E-state index is -3.48. The summed E-state index contributed by atoms with van der Waals surface area (Å²) in [6.45, 7) is 0. The van der Waals surface area contributed by atoms with Gasteiger partial charge in [0.15, 0.2) is 10.5 Å². The lowest BCUT2D eigenvalue weighted by atomic mass is 10.7. The lowest BCUT2D eigenvalue weighted by Crippen LogP contribution is -2.43. The Hall–Kier alpha value is -0.240. The second-order valence-electron chi connectivity index (χ2n) is 3.10. The number of rotatable bonds is 3. The summed E-state index contributed by atoms with van der Waals surface area (Å²) in [6.07, 6.45) is 0.892. The Morgan fingerprint density at radius 1 is 1.50 bits per heavy atom. The molecule has 1 aromatic heterocycles. The van der Waals surface area contributed by atoms with Crippen LogP contribution in [0, 0.1) is 5.41 Å². The van der Waals surface area contributed by atoms with Crippen LogP contribution in [0.3, 0.4) is 0 Å². The number of halogens is 1. The third-order valence-corrected chi connectivity index (χ3v) is 6.02. The van der Waals surface area contributed by atoms with Gasteiger partial charge in [0, 0.05) is 0 Å². The van der Waals surface area contributed by atoms with E-state index in [0.717, 1.165) is 21.5 Å². The number of hydrogen-bond acceptors (Lipinski definition) is 4. The first-order valence-corrected chi connectivity index (χ1v) is 6.72. The van der Waals surface area contributed by atoms with E-state index in [4.69, 9.17) is 5.41 Å². The topological polar surface area (TPSA) is 58.0 Å². The number of nitrogens with zero attached hydrogens (tertiary/aromatic N) is 1. The standard InChI is InChI=1S/C7H10BrN2O2S2/c1-10(2,5-9)14(11,12)7-4-3-6(8)13-7/h3-5,9H,1-2H3/q+1. The van der Waals surface area contributed by atoms with Crippen molar-refractivity contribution < 1.29 is 12.3 Å². The van der Waals surface area contributed by atoms with Gasteiger partial charge in [-0.2, -0.15) is 12.3 Å². The summed E-state index contributed by atoms with van der Waals surface area (Å²) in [4.78, 5) is 0. The molecular formula is C7H10BrN2O2S2+. The van der Waals surface area contributed by atoms with Gasteiger partial charge in [-0.15, -0.1) is 11.3 Å². The van der Waals surface area contributed by atoms with Crippen LogP contribution in [0.1, 0.15) is 0 Å². The van der Waals surface area contributed by atoms with Crippen LogP contribution < -0.4 is 0 Å². The predicted octanol–water partition coefficient (Wildman–Crippen LogP) is 1.88. The minimum absolute atomic E-state index is 0.262. The van der Waals surface area contributed by atoms with E-state index in [2.05, 4.69) is 15.9 Å². The van der Waals surface area contributed by atoms with E-state index in [1.165, 1.54) is 20.2 Å². The average Bonchev–Trinajstić information content (AvgIpc) is 2.52. The highest BCUT2D eigenvalue weighted by Gasteiger charge is 2.34. The Morgan fingerprint density at radius 2 is 2.07 bits per heavy atom. The lowest BCUT2D eigenvalue weighted by molar-refractivity contribution is -0.653. The van der Waals surface area contributed by atoms with E-state index in [1.807, 2.05) is 0 Å². The second kappa shape index (κ2) is 3.73. The average molecular weight is 298 g/mol. The number of hydrogen-bond donors (Lipinski definition) is 1. The molecule has 0 bridgehead atoms. The van der Waals surface area contributed by atoms with Crippen LogP contribution in [0.15, 0.2) is 20.1 Å². The summed E-state index contributed by atoms with van der Waals surface area (Å²) in [7, 11) is -0.576. The fourth-order valence-electron chi connectivity index (χ4n) is 0.738. The van der Waals surface area contributed by atoms with Crippen molar-refractivity contribution in [1.82, 2.24) is 0 Å². The van der Waals surface area contributed by atoms with E-state index in [0.29, 0.717) is 0 Å². The van der Waals surface area contributed by atoms with Crippen LogP contribution in [0.2, 0.25) is 0 Å². The van der Waals surface area contributed by atoms with Gasteiger partial charge in [-0.3, -0.25) is 5.41 Å². The van der Waals surface area contributed by atoms with Crippen LogP contribution in [-0.4, -0.2) is 32.7 Å². The second-order valence-corrected chi connectivity index (χ2v) is 8.15.